The summed E-state index contributed by atoms with van der Waals surface area (Å²) in [5.74, 6) is 1.88. The summed E-state index contributed by atoms with van der Waals surface area (Å²) in [7, 11) is 3.10. The van der Waals surface area contributed by atoms with Gasteiger partial charge in [-0.05, 0) is 6.07 Å². The number of nitrogens with zero attached hydrogens (tertiary/aromatic N) is 2. The second-order valence-electron chi connectivity index (χ2n) is 3.88. The summed E-state index contributed by atoms with van der Waals surface area (Å²) in [6, 6.07) is 8.55. The molecular formula is C14H13N3O3. The lowest BCUT2D eigenvalue weighted by Crippen LogP contribution is -1.97. The van der Waals surface area contributed by atoms with Crippen molar-refractivity contribution in [3.05, 3.63) is 36.0 Å². The molecule has 1 aromatic carbocycles. The highest BCUT2D eigenvalue weighted by molar-refractivity contribution is 5.54. The number of nitrogen functional groups attached to an aromatic ring is 1. The van der Waals surface area contributed by atoms with Crippen LogP contribution in [0.15, 0.2) is 30.5 Å². The Balaban J connectivity index is 2.32. The number of anilines is 1. The molecule has 102 valence electrons. The summed E-state index contributed by atoms with van der Waals surface area (Å²) < 4.78 is 15.9. The minimum absolute atomic E-state index is 0.222. The van der Waals surface area contributed by atoms with E-state index in [9.17, 15) is 0 Å². The van der Waals surface area contributed by atoms with Gasteiger partial charge in [0, 0.05) is 24.4 Å². The van der Waals surface area contributed by atoms with Crippen LogP contribution in [0.25, 0.3) is 0 Å². The van der Waals surface area contributed by atoms with E-state index in [-0.39, 0.29) is 11.6 Å². The highest BCUT2D eigenvalue weighted by Crippen LogP contribution is 2.32. The van der Waals surface area contributed by atoms with Gasteiger partial charge in [-0.25, -0.2) is 4.98 Å². The molecule has 2 N–H and O–H groups in total. The molecule has 0 radical (unpaired) electrons. The predicted molar refractivity (Wildman–Crippen MR) is 73.0 cm³/mol. The molecule has 0 unspecified atom stereocenters. The summed E-state index contributed by atoms with van der Waals surface area (Å²) in [5, 5.41) is 8.76. The molecule has 1 heterocycles. The summed E-state index contributed by atoms with van der Waals surface area (Å²) in [6.45, 7) is 0. The van der Waals surface area contributed by atoms with Crippen LogP contribution in [0.1, 0.15) is 5.56 Å². The van der Waals surface area contributed by atoms with Crippen LogP contribution < -0.4 is 19.9 Å². The number of hydrogen-bond acceptors (Lipinski definition) is 6. The van der Waals surface area contributed by atoms with E-state index in [1.54, 1.807) is 32.4 Å². The van der Waals surface area contributed by atoms with E-state index in [1.165, 1.54) is 12.3 Å². The molecule has 0 atom stereocenters. The van der Waals surface area contributed by atoms with Crippen molar-refractivity contribution < 1.29 is 14.2 Å². The van der Waals surface area contributed by atoms with Crippen LogP contribution in [0.2, 0.25) is 0 Å². The van der Waals surface area contributed by atoms with Gasteiger partial charge in [-0.1, -0.05) is 0 Å². The van der Waals surface area contributed by atoms with Gasteiger partial charge < -0.3 is 19.9 Å². The first-order valence-corrected chi connectivity index (χ1v) is 5.73. The lowest BCUT2D eigenvalue weighted by molar-refractivity contribution is 0.385. The van der Waals surface area contributed by atoms with E-state index in [0.717, 1.165) is 0 Å². The van der Waals surface area contributed by atoms with Crippen molar-refractivity contribution in [1.29, 1.82) is 5.26 Å². The first-order chi connectivity index (χ1) is 9.66. The van der Waals surface area contributed by atoms with E-state index in [1.807, 2.05) is 6.07 Å². The summed E-state index contributed by atoms with van der Waals surface area (Å²) in [4.78, 5) is 4.00. The molecule has 0 saturated carbocycles. The first-order valence-electron chi connectivity index (χ1n) is 5.73. The van der Waals surface area contributed by atoms with E-state index in [0.29, 0.717) is 22.8 Å². The first kappa shape index (κ1) is 13.5. The summed E-state index contributed by atoms with van der Waals surface area (Å²) >= 11 is 0. The standard InChI is InChI=1S/C14H13N3O3/c1-18-10-4-11(19-2)6-12(5-10)20-14-13(16)3-9(7-15)8-17-14/h3-6,8H,16H2,1-2H3. The van der Waals surface area contributed by atoms with Crippen molar-refractivity contribution >= 4 is 5.69 Å². The zero-order valence-electron chi connectivity index (χ0n) is 11.1. The van der Waals surface area contributed by atoms with Gasteiger partial charge in [0.15, 0.2) is 0 Å². The van der Waals surface area contributed by atoms with Crippen molar-refractivity contribution in [3.8, 4) is 29.2 Å². The third-order valence-electron chi connectivity index (χ3n) is 2.55. The number of rotatable bonds is 4. The Morgan fingerprint density at radius 2 is 1.65 bits per heavy atom. The lowest BCUT2D eigenvalue weighted by Gasteiger charge is -2.10. The van der Waals surface area contributed by atoms with Gasteiger partial charge in [0.2, 0.25) is 5.88 Å². The molecule has 0 spiro atoms. The van der Waals surface area contributed by atoms with Gasteiger partial charge in [-0.15, -0.1) is 0 Å². The Hall–Kier alpha value is -2.94. The Labute approximate surface area is 116 Å². The van der Waals surface area contributed by atoms with Crippen molar-refractivity contribution in [1.82, 2.24) is 4.98 Å². The Kier molecular flexibility index (Phi) is 3.91. The number of nitrogens with two attached hydrogens (primary N) is 1. The zero-order chi connectivity index (χ0) is 14.5. The smallest absolute Gasteiger partial charge is 0.242 e. The van der Waals surface area contributed by atoms with Crippen molar-refractivity contribution in [2.24, 2.45) is 0 Å². The monoisotopic (exact) mass is 271 g/mol. The summed E-state index contributed by atoms with van der Waals surface area (Å²) in [6.07, 6.45) is 1.39. The average Bonchev–Trinajstić information content (AvgIpc) is 2.48. The van der Waals surface area contributed by atoms with Gasteiger partial charge in [-0.3, -0.25) is 0 Å². The number of ether oxygens (including phenoxy) is 3. The fourth-order valence-electron chi connectivity index (χ4n) is 1.57. The van der Waals surface area contributed by atoms with Gasteiger partial charge in [0.05, 0.1) is 25.5 Å². The maximum Gasteiger partial charge on any atom is 0.242 e. The molecule has 0 bridgehead atoms. The van der Waals surface area contributed by atoms with Crippen LogP contribution in [0.5, 0.6) is 23.1 Å². The molecule has 0 fully saturated rings. The van der Waals surface area contributed by atoms with Gasteiger partial charge in [-0.2, -0.15) is 5.26 Å². The highest BCUT2D eigenvalue weighted by atomic mass is 16.5. The molecule has 0 aliphatic heterocycles. The second kappa shape index (κ2) is 5.80. The SMILES string of the molecule is COc1cc(OC)cc(Oc2ncc(C#N)cc2N)c1. The average molecular weight is 271 g/mol. The topological polar surface area (TPSA) is 90.4 Å². The van der Waals surface area contributed by atoms with Crippen LogP contribution >= 0.6 is 0 Å². The molecule has 2 rings (SSSR count). The largest absolute Gasteiger partial charge is 0.496 e. The van der Waals surface area contributed by atoms with Crippen molar-refractivity contribution in [2.75, 3.05) is 20.0 Å². The molecule has 0 amide bonds. The quantitative estimate of drug-likeness (QED) is 0.917. The van der Waals surface area contributed by atoms with E-state index in [4.69, 9.17) is 25.2 Å². The van der Waals surface area contributed by atoms with Crippen LogP contribution in [-0.2, 0) is 0 Å². The van der Waals surface area contributed by atoms with Crippen LogP contribution in [0, 0.1) is 11.3 Å². The number of aromatic nitrogens is 1. The third kappa shape index (κ3) is 2.90. The second-order valence-corrected chi connectivity index (χ2v) is 3.88. The van der Waals surface area contributed by atoms with E-state index >= 15 is 0 Å². The molecule has 0 aliphatic rings. The molecule has 0 aliphatic carbocycles. The third-order valence-corrected chi connectivity index (χ3v) is 2.55. The van der Waals surface area contributed by atoms with Crippen molar-refractivity contribution in [3.63, 3.8) is 0 Å². The molecule has 0 saturated heterocycles. The van der Waals surface area contributed by atoms with Gasteiger partial charge in [0.25, 0.3) is 0 Å². The number of pyridine rings is 1. The fraction of sp³-hybridized carbons (Fsp3) is 0.143. The van der Waals surface area contributed by atoms with Crippen LogP contribution in [0.4, 0.5) is 5.69 Å². The fourth-order valence-corrected chi connectivity index (χ4v) is 1.57. The molecule has 2 aromatic rings. The number of nitriles is 1. The zero-order valence-corrected chi connectivity index (χ0v) is 11.1. The Morgan fingerprint density at radius 1 is 1.05 bits per heavy atom. The molecule has 6 heteroatoms. The Bertz CT molecular complexity index is 643. The number of benzene rings is 1. The highest BCUT2D eigenvalue weighted by Gasteiger charge is 2.08. The van der Waals surface area contributed by atoms with Crippen LogP contribution in [0.3, 0.4) is 0 Å². The van der Waals surface area contributed by atoms with Crippen LogP contribution in [-0.4, -0.2) is 19.2 Å². The maximum atomic E-state index is 8.76. The van der Waals surface area contributed by atoms with E-state index in [2.05, 4.69) is 4.98 Å². The van der Waals surface area contributed by atoms with Gasteiger partial charge in [0.1, 0.15) is 23.3 Å². The van der Waals surface area contributed by atoms with Crippen molar-refractivity contribution in [2.45, 2.75) is 0 Å². The minimum Gasteiger partial charge on any atom is -0.496 e. The normalized spacial score (nSPS) is 9.65. The molecule has 1 aromatic heterocycles. The minimum atomic E-state index is 0.222. The molecule has 6 nitrogen and oxygen atoms in total. The lowest BCUT2D eigenvalue weighted by atomic mass is 10.3. The Morgan fingerprint density at radius 3 is 2.15 bits per heavy atom. The van der Waals surface area contributed by atoms with Gasteiger partial charge >= 0.3 is 0 Å². The van der Waals surface area contributed by atoms with E-state index < -0.39 is 0 Å². The maximum absolute atomic E-state index is 8.76. The number of methoxy groups -OCH3 is 2. The summed E-state index contributed by atoms with van der Waals surface area (Å²) in [5.41, 5.74) is 6.44. The molecule has 20 heavy (non-hydrogen) atoms. The molecular weight excluding hydrogens is 258 g/mol. The number of hydrogen-bond donors (Lipinski definition) is 1. The predicted octanol–water partition coefficient (Wildman–Crippen LogP) is 2.34.